The molecule has 0 spiro atoms. The van der Waals surface area contributed by atoms with Gasteiger partial charge in [-0.05, 0) is 31.5 Å². The van der Waals surface area contributed by atoms with Crippen molar-refractivity contribution in [1.82, 2.24) is 0 Å². The van der Waals surface area contributed by atoms with Crippen LogP contribution in [-0.2, 0) is 9.53 Å². The summed E-state index contributed by atoms with van der Waals surface area (Å²) in [5.41, 5.74) is 0.341. The van der Waals surface area contributed by atoms with Gasteiger partial charge in [-0.1, -0.05) is 12.1 Å². The first-order chi connectivity index (χ1) is 8.85. The van der Waals surface area contributed by atoms with Crippen molar-refractivity contribution in [1.29, 1.82) is 0 Å². The van der Waals surface area contributed by atoms with Gasteiger partial charge in [0.15, 0.2) is 0 Å². The summed E-state index contributed by atoms with van der Waals surface area (Å²) in [6.07, 6.45) is 0.431. The summed E-state index contributed by atoms with van der Waals surface area (Å²) in [7, 11) is 0. The Morgan fingerprint density at radius 1 is 1.37 bits per heavy atom. The van der Waals surface area contributed by atoms with Crippen molar-refractivity contribution in [3.8, 4) is 5.75 Å². The highest BCUT2D eigenvalue weighted by molar-refractivity contribution is 6.53. The Hall–Kier alpha value is -0.930. The average Bonchev–Trinajstić information content (AvgIpc) is 2.85. The molecule has 104 valence electrons. The van der Waals surface area contributed by atoms with Gasteiger partial charge in [0.25, 0.3) is 0 Å². The number of esters is 1. The van der Waals surface area contributed by atoms with Crippen LogP contribution < -0.4 is 4.74 Å². The van der Waals surface area contributed by atoms with E-state index in [0.717, 1.165) is 11.3 Å². The average molecular weight is 303 g/mol. The van der Waals surface area contributed by atoms with E-state index in [4.69, 9.17) is 32.7 Å². The molecule has 0 amide bonds. The van der Waals surface area contributed by atoms with Crippen molar-refractivity contribution in [3.63, 3.8) is 0 Å². The van der Waals surface area contributed by atoms with Crippen LogP contribution >= 0.6 is 23.2 Å². The Bertz CT molecular complexity index is 487. The zero-order chi connectivity index (χ0) is 14.1. The fourth-order valence-electron chi connectivity index (χ4n) is 1.78. The van der Waals surface area contributed by atoms with E-state index in [-0.39, 0.29) is 12.6 Å². The molecule has 1 fully saturated rings. The van der Waals surface area contributed by atoms with Gasteiger partial charge in [-0.3, -0.25) is 4.79 Å². The predicted molar refractivity (Wildman–Crippen MR) is 74.8 cm³/mol. The van der Waals surface area contributed by atoms with Crippen LogP contribution in [0.25, 0.3) is 0 Å². The number of ether oxygens (including phenoxy) is 2. The Morgan fingerprint density at radius 3 is 2.63 bits per heavy atom. The summed E-state index contributed by atoms with van der Waals surface area (Å²) < 4.78 is 9.62. The van der Waals surface area contributed by atoms with E-state index in [1.807, 2.05) is 31.2 Å². The van der Waals surface area contributed by atoms with Crippen molar-refractivity contribution in [2.45, 2.75) is 24.6 Å². The minimum atomic E-state index is -0.985. The molecule has 2 rings (SSSR count). The maximum Gasteiger partial charge on any atom is 0.315 e. The molecule has 1 aromatic carbocycles. The van der Waals surface area contributed by atoms with Crippen molar-refractivity contribution in [3.05, 3.63) is 29.8 Å². The largest absolute Gasteiger partial charge is 0.490 e. The lowest BCUT2D eigenvalue weighted by atomic mass is 10.1. The predicted octanol–water partition coefficient (Wildman–Crippen LogP) is 3.50. The standard InChI is InChI=1S/C14H16Cl2O3/c1-10-4-3-5-11(8-10)18-6-7-19-12(17)13(2)9-14(13,15)16/h3-5,8H,6-7,9H2,1-2H3. The van der Waals surface area contributed by atoms with Crippen LogP contribution in [-0.4, -0.2) is 23.5 Å². The molecule has 0 heterocycles. The van der Waals surface area contributed by atoms with Crippen LogP contribution in [0.3, 0.4) is 0 Å². The smallest absolute Gasteiger partial charge is 0.315 e. The molecule has 0 bridgehead atoms. The number of aryl methyl sites for hydroxylation is 1. The van der Waals surface area contributed by atoms with Crippen LogP contribution in [0.1, 0.15) is 18.9 Å². The number of alkyl halides is 2. The number of carbonyl (C=O) groups is 1. The number of carbonyl (C=O) groups excluding carboxylic acids is 1. The summed E-state index contributed by atoms with van der Waals surface area (Å²) >= 11 is 11.8. The molecule has 1 aliphatic carbocycles. The Labute approximate surface area is 122 Å². The summed E-state index contributed by atoms with van der Waals surface area (Å²) in [4.78, 5) is 11.8. The van der Waals surface area contributed by atoms with Crippen LogP contribution in [0, 0.1) is 12.3 Å². The van der Waals surface area contributed by atoms with Gasteiger partial charge in [-0.2, -0.15) is 0 Å². The lowest BCUT2D eigenvalue weighted by Crippen LogP contribution is -2.23. The fraction of sp³-hybridized carbons (Fsp3) is 0.500. The van der Waals surface area contributed by atoms with Gasteiger partial charge in [0.2, 0.25) is 0 Å². The van der Waals surface area contributed by atoms with Gasteiger partial charge >= 0.3 is 5.97 Å². The lowest BCUT2D eigenvalue weighted by Gasteiger charge is -2.12. The van der Waals surface area contributed by atoms with Crippen LogP contribution in [0.4, 0.5) is 0 Å². The van der Waals surface area contributed by atoms with E-state index in [9.17, 15) is 4.79 Å². The number of halogens is 2. The molecule has 1 atom stereocenters. The van der Waals surface area contributed by atoms with E-state index in [1.165, 1.54) is 0 Å². The van der Waals surface area contributed by atoms with E-state index in [1.54, 1.807) is 6.92 Å². The van der Waals surface area contributed by atoms with Gasteiger partial charge < -0.3 is 9.47 Å². The van der Waals surface area contributed by atoms with Crippen molar-refractivity contribution in [2.75, 3.05) is 13.2 Å². The molecule has 0 radical (unpaired) electrons. The van der Waals surface area contributed by atoms with Crippen molar-refractivity contribution < 1.29 is 14.3 Å². The third-order valence-corrected chi connectivity index (χ3v) is 4.38. The first-order valence-electron chi connectivity index (χ1n) is 6.10. The Morgan fingerprint density at radius 2 is 2.05 bits per heavy atom. The molecule has 1 saturated carbocycles. The first-order valence-corrected chi connectivity index (χ1v) is 6.85. The maximum absolute atomic E-state index is 11.8. The molecule has 0 saturated heterocycles. The first kappa shape index (κ1) is 14.5. The van der Waals surface area contributed by atoms with Crippen LogP contribution in [0.2, 0.25) is 0 Å². The Balaban J connectivity index is 1.72. The summed E-state index contributed by atoms with van der Waals surface area (Å²) in [6.45, 7) is 4.19. The molecule has 1 aromatic rings. The third-order valence-electron chi connectivity index (χ3n) is 3.28. The monoisotopic (exact) mass is 302 g/mol. The molecular formula is C14H16Cl2O3. The maximum atomic E-state index is 11.8. The quantitative estimate of drug-likeness (QED) is 0.474. The zero-order valence-electron chi connectivity index (χ0n) is 10.9. The molecule has 0 aliphatic heterocycles. The summed E-state index contributed by atoms with van der Waals surface area (Å²) in [5.74, 6) is 0.392. The SMILES string of the molecule is Cc1cccc(OCCOC(=O)C2(C)CC2(Cl)Cl)c1. The lowest BCUT2D eigenvalue weighted by molar-refractivity contribution is -0.150. The fourth-order valence-corrected chi connectivity index (χ4v) is 2.47. The van der Waals surface area contributed by atoms with E-state index in [2.05, 4.69) is 0 Å². The molecule has 3 nitrogen and oxygen atoms in total. The molecule has 5 heteroatoms. The van der Waals surface area contributed by atoms with Gasteiger partial charge in [-0.15, -0.1) is 23.2 Å². The second-order valence-corrected chi connectivity index (χ2v) is 6.50. The van der Waals surface area contributed by atoms with Gasteiger partial charge in [0, 0.05) is 6.42 Å². The highest BCUT2D eigenvalue weighted by Crippen LogP contribution is 2.64. The van der Waals surface area contributed by atoms with Crippen molar-refractivity contribution >= 4 is 29.2 Å². The molecule has 19 heavy (non-hydrogen) atoms. The van der Waals surface area contributed by atoms with Crippen LogP contribution in [0.15, 0.2) is 24.3 Å². The number of hydrogen-bond acceptors (Lipinski definition) is 3. The topological polar surface area (TPSA) is 35.5 Å². The zero-order valence-corrected chi connectivity index (χ0v) is 12.4. The van der Waals surface area contributed by atoms with E-state index < -0.39 is 9.75 Å². The van der Waals surface area contributed by atoms with Gasteiger partial charge in [0.1, 0.15) is 28.7 Å². The van der Waals surface area contributed by atoms with Gasteiger partial charge in [-0.25, -0.2) is 0 Å². The second kappa shape index (κ2) is 5.22. The molecule has 1 aliphatic rings. The normalized spacial score (nSPS) is 23.8. The molecule has 0 aromatic heterocycles. The number of rotatable bonds is 5. The molecular weight excluding hydrogens is 287 g/mol. The Kier molecular flexibility index (Phi) is 3.98. The summed E-state index contributed by atoms with van der Waals surface area (Å²) in [6, 6.07) is 7.69. The number of benzene rings is 1. The molecule has 1 unspecified atom stereocenters. The molecule has 0 N–H and O–H groups in total. The minimum absolute atomic E-state index is 0.187. The highest BCUT2D eigenvalue weighted by atomic mass is 35.5. The van der Waals surface area contributed by atoms with E-state index >= 15 is 0 Å². The third kappa shape index (κ3) is 3.15. The van der Waals surface area contributed by atoms with E-state index in [0.29, 0.717) is 13.0 Å². The summed E-state index contributed by atoms with van der Waals surface area (Å²) in [5, 5.41) is 0. The number of hydrogen-bond donors (Lipinski definition) is 0. The van der Waals surface area contributed by atoms with Crippen molar-refractivity contribution in [2.24, 2.45) is 5.41 Å². The minimum Gasteiger partial charge on any atom is -0.490 e. The van der Waals surface area contributed by atoms with Crippen LogP contribution in [0.5, 0.6) is 5.75 Å². The van der Waals surface area contributed by atoms with Gasteiger partial charge in [0.05, 0.1) is 0 Å². The second-order valence-electron chi connectivity index (χ2n) is 5.01. The highest BCUT2D eigenvalue weighted by Gasteiger charge is 2.69.